The SMILES string of the molecule is O=[N+]([O-])c1cccc(-c2ccccc2-c2nc3ccccc3o2)c1. The standard InChI is InChI=1S/C19H12N2O3/c22-21(23)14-7-5-6-13(12-14)15-8-1-2-9-16(15)19-20-17-10-3-4-11-18(17)24-19/h1-12H. The predicted molar refractivity (Wildman–Crippen MR) is 91.5 cm³/mol. The van der Waals surface area contributed by atoms with Crippen molar-refractivity contribution in [2.24, 2.45) is 0 Å². The van der Waals surface area contributed by atoms with Crippen LogP contribution in [-0.4, -0.2) is 9.91 Å². The van der Waals surface area contributed by atoms with Gasteiger partial charge in [0.2, 0.25) is 5.89 Å². The lowest BCUT2D eigenvalue weighted by molar-refractivity contribution is -0.384. The number of para-hydroxylation sites is 2. The summed E-state index contributed by atoms with van der Waals surface area (Å²) in [6, 6.07) is 21.7. The van der Waals surface area contributed by atoms with Gasteiger partial charge in [0, 0.05) is 17.7 Å². The fourth-order valence-electron chi connectivity index (χ4n) is 2.70. The Balaban J connectivity index is 1.89. The lowest BCUT2D eigenvalue weighted by Crippen LogP contribution is -1.89. The summed E-state index contributed by atoms with van der Waals surface area (Å²) in [5.74, 6) is 0.498. The molecule has 0 saturated heterocycles. The molecular weight excluding hydrogens is 304 g/mol. The molecule has 5 heteroatoms. The molecule has 0 radical (unpaired) electrons. The fraction of sp³-hybridized carbons (Fsp3) is 0. The van der Waals surface area contributed by atoms with Crippen LogP contribution >= 0.6 is 0 Å². The van der Waals surface area contributed by atoms with Crippen LogP contribution in [0, 0.1) is 10.1 Å². The molecule has 4 rings (SSSR count). The topological polar surface area (TPSA) is 69.2 Å². The normalized spacial score (nSPS) is 10.8. The molecule has 0 spiro atoms. The number of oxazole rings is 1. The van der Waals surface area contributed by atoms with E-state index in [0.717, 1.165) is 22.2 Å². The number of aromatic nitrogens is 1. The molecule has 0 aliphatic rings. The van der Waals surface area contributed by atoms with E-state index in [-0.39, 0.29) is 5.69 Å². The number of fused-ring (bicyclic) bond motifs is 1. The minimum atomic E-state index is -0.397. The number of nitro benzene ring substituents is 1. The smallest absolute Gasteiger partial charge is 0.270 e. The Morgan fingerprint density at radius 3 is 2.42 bits per heavy atom. The highest BCUT2D eigenvalue weighted by molar-refractivity contribution is 5.84. The van der Waals surface area contributed by atoms with Crippen molar-refractivity contribution >= 4 is 16.8 Å². The lowest BCUT2D eigenvalue weighted by atomic mass is 9.99. The highest BCUT2D eigenvalue weighted by Crippen LogP contribution is 2.34. The van der Waals surface area contributed by atoms with Gasteiger partial charge in [-0.3, -0.25) is 10.1 Å². The number of benzene rings is 3. The van der Waals surface area contributed by atoms with E-state index in [1.807, 2.05) is 54.6 Å². The first-order valence-electron chi connectivity index (χ1n) is 7.42. The third-order valence-electron chi connectivity index (χ3n) is 3.82. The van der Waals surface area contributed by atoms with Gasteiger partial charge >= 0.3 is 0 Å². The largest absolute Gasteiger partial charge is 0.436 e. The second-order valence-electron chi connectivity index (χ2n) is 5.34. The molecule has 116 valence electrons. The van der Waals surface area contributed by atoms with Gasteiger partial charge < -0.3 is 4.42 Å². The van der Waals surface area contributed by atoms with Crippen molar-refractivity contribution in [3.05, 3.63) is 82.9 Å². The molecule has 5 nitrogen and oxygen atoms in total. The van der Waals surface area contributed by atoms with Crippen LogP contribution in [-0.2, 0) is 0 Å². The molecule has 1 heterocycles. The first kappa shape index (κ1) is 14.1. The average Bonchev–Trinajstić information content (AvgIpc) is 3.06. The van der Waals surface area contributed by atoms with Crippen molar-refractivity contribution in [1.82, 2.24) is 4.98 Å². The molecule has 0 unspecified atom stereocenters. The van der Waals surface area contributed by atoms with Gasteiger partial charge in [0.1, 0.15) is 5.52 Å². The van der Waals surface area contributed by atoms with Crippen LogP contribution in [0.25, 0.3) is 33.7 Å². The van der Waals surface area contributed by atoms with Crippen LogP contribution in [0.1, 0.15) is 0 Å². The molecule has 0 aliphatic carbocycles. The maximum absolute atomic E-state index is 11.0. The van der Waals surface area contributed by atoms with Crippen LogP contribution in [0.2, 0.25) is 0 Å². The average molecular weight is 316 g/mol. The van der Waals surface area contributed by atoms with Crippen LogP contribution in [0.4, 0.5) is 5.69 Å². The summed E-state index contributed by atoms with van der Waals surface area (Å²) < 4.78 is 5.85. The van der Waals surface area contributed by atoms with E-state index in [2.05, 4.69) is 4.98 Å². The molecule has 24 heavy (non-hydrogen) atoms. The second kappa shape index (κ2) is 5.62. The van der Waals surface area contributed by atoms with Gasteiger partial charge in [0.25, 0.3) is 5.69 Å². The molecule has 3 aromatic carbocycles. The van der Waals surface area contributed by atoms with E-state index in [1.165, 1.54) is 6.07 Å². The van der Waals surface area contributed by atoms with Crippen LogP contribution in [0.15, 0.2) is 77.2 Å². The zero-order valence-electron chi connectivity index (χ0n) is 12.5. The Labute approximate surface area is 137 Å². The predicted octanol–water partition coefficient (Wildman–Crippen LogP) is 5.07. The minimum Gasteiger partial charge on any atom is -0.436 e. The molecular formula is C19H12N2O3. The lowest BCUT2D eigenvalue weighted by Gasteiger charge is -2.06. The van der Waals surface area contributed by atoms with E-state index in [4.69, 9.17) is 4.42 Å². The molecule has 0 N–H and O–H groups in total. The highest BCUT2D eigenvalue weighted by Gasteiger charge is 2.15. The summed E-state index contributed by atoms with van der Waals surface area (Å²) in [6.45, 7) is 0. The third kappa shape index (κ3) is 2.42. The van der Waals surface area contributed by atoms with Crippen LogP contribution < -0.4 is 0 Å². The van der Waals surface area contributed by atoms with Gasteiger partial charge in [0.05, 0.1) is 4.92 Å². The van der Waals surface area contributed by atoms with E-state index >= 15 is 0 Å². The molecule has 0 fully saturated rings. The van der Waals surface area contributed by atoms with Gasteiger partial charge in [-0.05, 0) is 29.3 Å². The van der Waals surface area contributed by atoms with Crippen molar-refractivity contribution in [3.8, 4) is 22.6 Å². The number of nitro groups is 1. The van der Waals surface area contributed by atoms with Crippen molar-refractivity contribution in [2.45, 2.75) is 0 Å². The number of hydrogen-bond donors (Lipinski definition) is 0. The molecule has 0 saturated carbocycles. The summed E-state index contributed by atoms with van der Waals surface area (Å²) in [6.07, 6.45) is 0. The Morgan fingerprint density at radius 1 is 0.875 bits per heavy atom. The van der Waals surface area contributed by atoms with Gasteiger partial charge in [0.15, 0.2) is 5.58 Å². The number of hydrogen-bond acceptors (Lipinski definition) is 4. The molecule has 0 amide bonds. The van der Waals surface area contributed by atoms with Crippen molar-refractivity contribution in [3.63, 3.8) is 0 Å². The minimum absolute atomic E-state index is 0.0554. The summed E-state index contributed by atoms with van der Waals surface area (Å²) in [7, 11) is 0. The van der Waals surface area contributed by atoms with E-state index < -0.39 is 4.92 Å². The van der Waals surface area contributed by atoms with Crippen LogP contribution in [0.3, 0.4) is 0 Å². The first-order chi connectivity index (χ1) is 11.7. The summed E-state index contributed by atoms with van der Waals surface area (Å²) in [4.78, 5) is 15.2. The molecule has 0 bridgehead atoms. The summed E-state index contributed by atoms with van der Waals surface area (Å²) in [5, 5.41) is 11.0. The van der Waals surface area contributed by atoms with Crippen molar-refractivity contribution < 1.29 is 9.34 Å². The Kier molecular flexibility index (Phi) is 3.31. The Morgan fingerprint density at radius 2 is 1.62 bits per heavy atom. The zero-order chi connectivity index (χ0) is 16.5. The van der Waals surface area contributed by atoms with Gasteiger partial charge in [-0.2, -0.15) is 0 Å². The highest BCUT2D eigenvalue weighted by atomic mass is 16.6. The van der Waals surface area contributed by atoms with Gasteiger partial charge in [-0.15, -0.1) is 0 Å². The molecule has 4 aromatic rings. The number of non-ortho nitro benzene ring substituents is 1. The van der Waals surface area contributed by atoms with Crippen LogP contribution in [0.5, 0.6) is 0 Å². The monoisotopic (exact) mass is 316 g/mol. The summed E-state index contributed by atoms with van der Waals surface area (Å²) in [5.41, 5.74) is 3.94. The first-order valence-corrected chi connectivity index (χ1v) is 7.42. The van der Waals surface area contributed by atoms with Gasteiger partial charge in [-0.1, -0.05) is 42.5 Å². The quantitative estimate of drug-likeness (QED) is 0.391. The summed E-state index contributed by atoms with van der Waals surface area (Å²) >= 11 is 0. The Hall–Kier alpha value is -3.47. The van der Waals surface area contributed by atoms with Crippen molar-refractivity contribution in [1.29, 1.82) is 0 Å². The second-order valence-corrected chi connectivity index (χ2v) is 5.34. The number of nitrogens with zero attached hydrogens (tertiary/aromatic N) is 2. The third-order valence-corrected chi connectivity index (χ3v) is 3.82. The maximum atomic E-state index is 11.0. The molecule has 0 atom stereocenters. The number of rotatable bonds is 3. The van der Waals surface area contributed by atoms with E-state index in [0.29, 0.717) is 11.5 Å². The Bertz CT molecular complexity index is 1020. The zero-order valence-corrected chi connectivity index (χ0v) is 12.5. The van der Waals surface area contributed by atoms with E-state index in [9.17, 15) is 10.1 Å². The fourth-order valence-corrected chi connectivity index (χ4v) is 2.70. The van der Waals surface area contributed by atoms with E-state index in [1.54, 1.807) is 12.1 Å². The molecule has 0 aliphatic heterocycles. The van der Waals surface area contributed by atoms with Gasteiger partial charge in [-0.25, -0.2) is 4.98 Å². The molecule has 1 aromatic heterocycles. The van der Waals surface area contributed by atoms with Crippen molar-refractivity contribution in [2.75, 3.05) is 0 Å². The maximum Gasteiger partial charge on any atom is 0.270 e.